The van der Waals surface area contributed by atoms with E-state index in [4.69, 9.17) is 4.74 Å². The summed E-state index contributed by atoms with van der Waals surface area (Å²) in [6.45, 7) is 9.34. The maximum Gasteiger partial charge on any atom is 0.206 e. The SMILES string of the molecule is C=CCOc1c(C)cc(-c2nnc(NCC3CC3)s2)cc1C. The smallest absolute Gasteiger partial charge is 0.206 e. The summed E-state index contributed by atoms with van der Waals surface area (Å²) in [5, 5.41) is 13.8. The molecular weight excluding hydrogens is 294 g/mol. The lowest BCUT2D eigenvalue weighted by molar-refractivity contribution is 0.358. The van der Waals surface area contributed by atoms with Crippen LogP contribution in [-0.2, 0) is 0 Å². The summed E-state index contributed by atoms with van der Waals surface area (Å²) in [7, 11) is 0. The Kier molecular flexibility index (Phi) is 4.43. The molecule has 0 radical (unpaired) electrons. The van der Waals surface area contributed by atoms with Crippen LogP contribution in [0.2, 0.25) is 0 Å². The predicted octanol–water partition coefficient (Wildman–Crippen LogP) is 4.21. The Morgan fingerprint density at radius 2 is 2.05 bits per heavy atom. The van der Waals surface area contributed by atoms with Crippen molar-refractivity contribution in [3.8, 4) is 16.3 Å². The lowest BCUT2D eigenvalue weighted by Gasteiger charge is -2.11. The highest BCUT2D eigenvalue weighted by Crippen LogP contribution is 2.34. The zero-order valence-electron chi connectivity index (χ0n) is 13.1. The highest BCUT2D eigenvalue weighted by Gasteiger charge is 2.21. The molecule has 1 fully saturated rings. The van der Waals surface area contributed by atoms with Gasteiger partial charge in [0.25, 0.3) is 0 Å². The van der Waals surface area contributed by atoms with Gasteiger partial charge in [0, 0.05) is 12.1 Å². The molecule has 0 saturated heterocycles. The van der Waals surface area contributed by atoms with E-state index in [1.54, 1.807) is 17.4 Å². The van der Waals surface area contributed by atoms with E-state index >= 15 is 0 Å². The van der Waals surface area contributed by atoms with Crippen molar-refractivity contribution in [1.29, 1.82) is 0 Å². The zero-order valence-corrected chi connectivity index (χ0v) is 13.9. The number of aromatic nitrogens is 2. The van der Waals surface area contributed by atoms with Crippen LogP contribution in [0.3, 0.4) is 0 Å². The molecule has 3 rings (SSSR count). The predicted molar refractivity (Wildman–Crippen MR) is 91.7 cm³/mol. The topological polar surface area (TPSA) is 47.0 Å². The van der Waals surface area contributed by atoms with Crippen LogP contribution in [-0.4, -0.2) is 23.3 Å². The average molecular weight is 315 g/mol. The van der Waals surface area contributed by atoms with E-state index in [-0.39, 0.29) is 0 Å². The average Bonchev–Trinajstić information content (AvgIpc) is 3.20. The maximum absolute atomic E-state index is 5.72. The summed E-state index contributed by atoms with van der Waals surface area (Å²) in [6.07, 6.45) is 4.43. The molecule has 0 aliphatic heterocycles. The standard InChI is InChI=1S/C17H21N3OS/c1-4-7-21-15-11(2)8-14(9-12(15)3)16-19-20-17(22-16)18-10-13-5-6-13/h4,8-9,13H,1,5-7,10H2,2-3H3,(H,18,20). The number of benzene rings is 1. The van der Waals surface area contributed by atoms with Crippen LogP contribution in [0.25, 0.3) is 10.6 Å². The second kappa shape index (κ2) is 6.48. The second-order valence-corrected chi connectivity index (χ2v) is 6.75. The molecule has 0 bridgehead atoms. The monoisotopic (exact) mass is 315 g/mol. The third-order valence-corrected chi connectivity index (χ3v) is 4.65. The molecule has 116 valence electrons. The van der Waals surface area contributed by atoms with Crippen molar-refractivity contribution in [1.82, 2.24) is 10.2 Å². The fourth-order valence-electron chi connectivity index (χ4n) is 2.41. The fourth-order valence-corrected chi connectivity index (χ4v) is 3.15. The number of nitrogens with one attached hydrogen (secondary N) is 1. The van der Waals surface area contributed by atoms with E-state index in [1.807, 2.05) is 0 Å². The molecule has 1 heterocycles. The third kappa shape index (κ3) is 3.47. The van der Waals surface area contributed by atoms with Gasteiger partial charge in [-0.05, 0) is 55.9 Å². The number of hydrogen-bond acceptors (Lipinski definition) is 5. The Morgan fingerprint density at radius 3 is 2.68 bits per heavy atom. The van der Waals surface area contributed by atoms with E-state index in [0.717, 1.165) is 45.0 Å². The summed E-state index contributed by atoms with van der Waals surface area (Å²) in [4.78, 5) is 0. The summed E-state index contributed by atoms with van der Waals surface area (Å²) in [5.41, 5.74) is 3.32. The Balaban J connectivity index is 1.77. The van der Waals surface area contributed by atoms with Crippen LogP contribution in [0, 0.1) is 19.8 Å². The first-order valence-corrected chi connectivity index (χ1v) is 8.41. The summed E-state index contributed by atoms with van der Waals surface area (Å²) >= 11 is 1.61. The van der Waals surface area contributed by atoms with Gasteiger partial charge in [-0.2, -0.15) is 0 Å². The van der Waals surface area contributed by atoms with Crippen LogP contribution in [0.15, 0.2) is 24.8 Å². The van der Waals surface area contributed by atoms with Crippen LogP contribution < -0.4 is 10.1 Å². The molecule has 1 N–H and O–H groups in total. The molecule has 5 heteroatoms. The van der Waals surface area contributed by atoms with Gasteiger partial charge in [0.05, 0.1) is 0 Å². The molecule has 0 amide bonds. The van der Waals surface area contributed by atoms with Crippen LogP contribution >= 0.6 is 11.3 Å². The zero-order chi connectivity index (χ0) is 15.5. The number of anilines is 1. The lowest BCUT2D eigenvalue weighted by Crippen LogP contribution is -2.02. The highest BCUT2D eigenvalue weighted by molar-refractivity contribution is 7.18. The second-order valence-electron chi connectivity index (χ2n) is 5.78. The van der Waals surface area contributed by atoms with Gasteiger partial charge in [-0.1, -0.05) is 24.0 Å². The van der Waals surface area contributed by atoms with E-state index in [9.17, 15) is 0 Å². The van der Waals surface area contributed by atoms with Gasteiger partial charge in [-0.15, -0.1) is 10.2 Å². The molecule has 1 aromatic heterocycles. The minimum absolute atomic E-state index is 0.523. The van der Waals surface area contributed by atoms with Gasteiger partial charge in [0.2, 0.25) is 5.13 Å². The van der Waals surface area contributed by atoms with Crippen molar-refractivity contribution >= 4 is 16.5 Å². The molecule has 0 atom stereocenters. The Hall–Kier alpha value is -1.88. The first-order chi connectivity index (χ1) is 10.7. The van der Waals surface area contributed by atoms with E-state index in [0.29, 0.717) is 6.61 Å². The lowest BCUT2D eigenvalue weighted by atomic mass is 10.1. The number of hydrogen-bond donors (Lipinski definition) is 1. The first-order valence-electron chi connectivity index (χ1n) is 7.60. The molecule has 2 aromatic rings. The Morgan fingerprint density at radius 1 is 1.32 bits per heavy atom. The molecule has 1 aliphatic rings. The molecule has 0 unspecified atom stereocenters. The molecule has 0 spiro atoms. The van der Waals surface area contributed by atoms with Gasteiger partial charge in [-0.3, -0.25) is 0 Å². The molecule has 1 saturated carbocycles. The van der Waals surface area contributed by atoms with Gasteiger partial charge < -0.3 is 10.1 Å². The number of nitrogens with zero attached hydrogens (tertiary/aromatic N) is 2. The number of ether oxygens (including phenoxy) is 1. The van der Waals surface area contributed by atoms with Crippen molar-refractivity contribution in [3.05, 3.63) is 35.9 Å². The van der Waals surface area contributed by atoms with Crippen molar-refractivity contribution in [2.75, 3.05) is 18.5 Å². The van der Waals surface area contributed by atoms with Crippen molar-refractivity contribution in [2.24, 2.45) is 5.92 Å². The quantitative estimate of drug-likeness (QED) is 0.778. The summed E-state index contributed by atoms with van der Waals surface area (Å²) < 4.78 is 5.72. The Bertz CT molecular complexity index is 653. The van der Waals surface area contributed by atoms with Crippen molar-refractivity contribution in [2.45, 2.75) is 26.7 Å². The van der Waals surface area contributed by atoms with Crippen LogP contribution in [0.1, 0.15) is 24.0 Å². The summed E-state index contributed by atoms with van der Waals surface area (Å²) in [6, 6.07) is 4.22. The highest BCUT2D eigenvalue weighted by atomic mass is 32.1. The third-order valence-electron chi connectivity index (χ3n) is 3.72. The van der Waals surface area contributed by atoms with Gasteiger partial charge in [-0.25, -0.2) is 0 Å². The van der Waals surface area contributed by atoms with Crippen LogP contribution in [0.4, 0.5) is 5.13 Å². The number of aryl methyl sites for hydroxylation is 2. The van der Waals surface area contributed by atoms with E-state index in [1.165, 1.54) is 12.8 Å². The van der Waals surface area contributed by atoms with Crippen LogP contribution in [0.5, 0.6) is 5.75 Å². The maximum atomic E-state index is 5.72. The van der Waals surface area contributed by atoms with E-state index < -0.39 is 0 Å². The fraction of sp³-hybridized carbons (Fsp3) is 0.412. The van der Waals surface area contributed by atoms with Crippen molar-refractivity contribution in [3.63, 3.8) is 0 Å². The van der Waals surface area contributed by atoms with E-state index in [2.05, 4.69) is 48.1 Å². The summed E-state index contributed by atoms with van der Waals surface area (Å²) in [5.74, 6) is 1.76. The molecule has 22 heavy (non-hydrogen) atoms. The van der Waals surface area contributed by atoms with Gasteiger partial charge in [0.1, 0.15) is 17.4 Å². The van der Waals surface area contributed by atoms with Gasteiger partial charge >= 0.3 is 0 Å². The minimum atomic E-state index is 0.523. The molecular formula is C17H21N3OS. The molecule has 1 aromatic carbocycles. The van der Waals surface area contributed by atoms with Crippen molar-refractivity contribution < 1.29 is 4.74 Å². The normalized spacial score (nSPS) is 13.9. The minimum Gasteiger partial charge on any atom is -0.489 e. The molecule has 4 nitrogen and oxygen atoms in total. The first kappa shape index (κ1) is 15.0. The largest absolute Gasteiger partial charge is 0.489 e. The number of rotatable bonds is 7. The molecule has 1 aliphatic carbocycles. The Labute approximate surface area is 135 Å². The van der Waals surface area contributed by atoms with Gasteiger partial charge in [0.15, 0.2) is 0 Å².